The summed E-state index contributed by atoms with van der Waals surface area (Å²) < 4.78 is 0. The highest BCUT2D eigenvalue weighted by atomic mass is 15.3. The van der Waals surface area contributed by atoms with Crippen LogP contribution >= 0.6 is 0 Å². The number of rotatable bonds is 18. The van der Waals surface area contributed by atoms with Crippen LogP contribution in [0.2, 0.25) is 0 Å². The van der Waals surface area contributed by atoms with Crippen molar-refractivity contribution in [1.29, 1.82) is 0 Å². The second kappa shape index (κ2) is 18.0. The van der Waals surface area contributed by atoms with Crippen molar-refractivity contribution in [3.8, 4) is 0 Å². The van der Waals surface area contributed by atoms with Crippen molar-refractivity contribution < 1.29 is 0 Å². The monoisotopic (exact) mass is 725 g/mol. The van der Waals surface area contributed by atoms with Gasteiger partial charge in [-0.2, -0.15) is 15.0 Å². The molecule has 4 unspecified atom stereocenters. The molecular weight excluding hydrogens is 641 g/mol. The predicted octanol–water partition coefficient (Wildman–Crippen LogP) is 10.2. The van der Waals surface area contributed by atoms with Gasteiger partial charge in [0.1, 0.15) is 5.82 Å². The van der Waals surface area contributed by atoms with Crippen molar-refractivity contribution >= 4 is 11.9 Å². The zero-order valence-electron chi connectivity index (χ0n) is 36.5. The lowest BCUT2D eigenvalue weighted by Crippen LogP contribution is -2.65. The van der Waals surface area contributed by atoms with E-state index in [0.29, 0.717) is 24.2 Å². The number of piperidine rings is 2. The zero-order chi connectivity index (χ0) is 38.4. The molecule has 0 bridgehead atoms. The Morgan fingerprint density at radius 1 is 0.750 bits per heavy atom. The summed E-state index contributed by atoms with van der Waals surface area (Å²) in [5.41, 5.74) is 0.570. The van der Waals surface area contributed by atoms with Gasteiger partial charge in [0, 0.05) is 58.3 Å². The molecule has 300 valence electrons. The standard InChI is InChI=1S/C44H84N8/c1-14-40(6,7)37-46-38(45-34-25-21-20-22-26-34)48-39(47-37)51(35-29-33(5)49-41(8,9)30-35)27-23-18-19-24-28-52(44(13,16-3)17-4)36-31-42(10,11)50-43(12,15-2)32-36/h33-36,49-50H,14-32H2,1-13H3,(H,45,46,47,48). The third kappa shape index (κ3) is 11.5. The Morgan fingerprint density at radius 3 is 1.98 bits per heavy atom. The number of nitrogens with one attached hydrogen (secondary N) is 3. The summed E-state index contributed by atoms with van der Waals surface area (Å²) in [4.78, 5) is 21.2. The summed E-state index contributed by atoms with van der Waals surface area (Å²) >= 11 is 0. The Labute approximate surface area is 321 Å². The van der Waals surface area contributed by atoms with E-state index in [2.05, 4.69) is 116 Å². The van der Waals surface area contributed by atoms with E-state index in [1.54, 1.807) is 0 Å². The number of anilines is 2. The molecule has 3 aliphatic rings. The Balaban J connectivity index is 1.51. The maximum Gasteiger partial charge on any atom is 0.230 e. The quantitative estimate of drug-likeness (QED) is 0.129. The van der Waals surface area contributed by atoms with Crippen molar-refractivity contribution in [3.63, 3.8) is 0 Å². The number of unbranched alkanes of at least 4 members (excludes halogenated alkanes) is 3. The summed E-state index contributed by atoms with van der Waals surface area (Å²) in [5, 5.41) is 11.7. The molecule has 52 heavy (non-hydrogen) atoms. The maximum atomic E-state index is 5.32. The maximum absolute atomic E-state index is 5.32. The van der Waals surface area contributed by atoms with Gasteiger partial charge in [0.2, 0.25) is 11.9 Å². The first-order valence-corrected chi connectivity index (χ1v) is 22.0. The molecule has 1 aromatic heterocycles. The summed E-state index contributed by atoms with van der Waals surface area (Å²) in [6.07, 6.45) is 20.5. The molecule has 1 aromatic rings. The van der Waals surface area contributed by atoms with E-state index in [-0.39, 0.29) is 27.6 Å². The lowest BCUT2D eigenvalue weighted by molar-refractivity contribution is -0.0126. The largest absolute Gasteiger partial charge is 0.351 e. The molecule has 4 rings (SSSR count). The Bertz CT molecular complexity index is 1230. The third-order valence-electron chi connectivity index (χ3n) is 13.8. The molecule has 0 aromatic carbocycles. The Morgan fingerprint density at radius 2 is 1.38 bits per heavy atom. The van der Waals surface area contributed by atoms with Crippen molar-refractivity contribution in [2.45, 2.75) is 251 Å². The molecule has 0 radical (unpaired) electrons. The summed E-state index contributed by atoms with van der Waals surface area (Å²) in [6, 6.07) is 1.93. The van der Waals surface area contributed by atoms with Crippen LogP contribution in [0.25, 0.3) is 0 Å². The average Bonchev–Trinajstić information content (AvgIpc) is 3.07. The minimum Gasteiger partial charge on any atom is -0.351 e. The molecule has 3 fully saturated rings. The molecule has 3 N–H and O–H groups in total. The van der Waals surface area contributed by atoms with Gasteiger partial charge >= 0.3 is 0 Å². The van der Waals surface area contributed by atoms with Crippen molar-refractivity contribution in [2.24, 2.45) is 0 Å². The summed E-state index contributed by atoms with van der Waals surface area (Å²) in [6.45, 7) is 33.1. The number of aromatic nitrogens is 3. The molecule has 0 spiro atoms. The van der Waals surface area contributed by atoms with E-state index in [9.17, 15) is 0 Å². The molecule has 3 heterocycles. The van der Waals surface area contributed by atoms with Crippen LogP contribution in [-0.2, 0) is 5.41 Å². The molecule has 1 aliphatic carbocycles. The van der Waals surface area contributed by atoms with E-state index in [4.69, 9.17) is 15.0 Å². The van der Waals surface area contributed by atoms with Crippen molar-refractivity contribution in [2.75, 3.05) is 23.3 Å². The molecule has 4 atom stereocenters. The van der Waals surface area contributed by atoms with Gasteiger partial charge in [0.15, 0.2) is 0 Å². The van der Waals surface area contributed by atoms with Crippen LogP contribution in [0.3, 0.4) is 0 Å². The highest BCUT2D eigenvalue weighted by Gasteiger charge is 2.45. The van der Waals surface area contributed by atoms with Crippen LogP contribution in [0.4, 0.5) is 11.9 Å². The topological polar surface area (TPSA) is 81.2 Å². The molecule has 0 amide bonds. The summed E-state index contributed by atoms with van der Waals surface area (Å²) in [5.74, 6) is 2.61. The highest BCUT2D eigenvalue weighted by Crippen LogP contribution is 2.39. The number of hydrogen-bond acceptors (Lipinski definition) is 8. The van der Waals surface area contributed by atoms with Crippen LogP contribution < -0.4 is 20.9 Å². The molecule has 2 saturated heterocycles. The van der Waals surface area contributed by atoms with E-state index in [1.165, 1.54) is 90.0 Å². The van der Waals surface area contributed by atoms with Gasteiger partial charge in [0.05, 0.1) is 0 Å². The SMILES string of the molecule is CCC1(C)CC(N(CCCCCCN(c2nc(NC3CCCCC3)nc(C(C)(C)CC)n2)C2CC(C)NC(C)(C)C2)C(C)(CC)CC)CC(C)(C)N1. The van der Waals surface area contributed by atoms with Crippen LogP contribution in [-0.4, -0.2) is 79.3 Å². The van der Waals surface area contributed by atoms with Crippen molar-refractivity contribution in [3.05, 3.63) is 5.82 Å². The molecular formula is C44H84N8. The van der Waals surface area contributed by atoms with Gasteiger partial charge in [-0.05, 0) is 132 Å². The normalized spacial score (nSPS) is 27.2. The Kier molecular flexibility index (Phi) is 14.9. The van der Waals surface area contributed by atoms with Gasteiger partial charge in [-0.25, -0.2) is 0 Å². The van der Waals surface area contributed by atoms with Gasteiger partial charge in [-0.3, -0.25) is 4.90 Å². The van der Waals surface area contributed by atoms with Crippen LogP contribution in [0.5, 0.6) is 0 Å². The van der Waals surface area contributed by atoms with E-state index < -0.39 is 0 Å². The van der Waals surface area contributed by atoms with Gasteiger partial charge < -0.3 is 20.9 Å². The summed E-state index contributed by atoms with van der Waals surface area (Å²) in [7, 11) is 0. The molecule has 2 aliphatic heterocycles. The minimum absolute atomic E-state index is 0.0774. The van der Waals surface area contributed by atoms with Gasteiger partial charge in [-0.15, -0.1) is 0 Å². The fourth-order valence-electron chi connectivity index (χ4n) is 10.0. The average molecular weight is 725 g/mol. The fraction of sp³-hybridized carbons (Fsp3) is 0.932. The van der Waals surface area contributed by atoms with Gasteiger partial charge in [-0.1, -0.05) is 73.6 Å². The molecule has 8 heteroatoms. The first-order valence-electron chi connectivity index (χ1n) is 22.0. The first kappa shape index (κ1) is 43.2. The fourth-order valence-corrected chi connectivity index (χ4v) is 10.0. The lowest BCUT2D eigenvalue weighted by atomic mass is 9.75. The molecule has 8 nitrogen and oxygen atoms in total. The van der Waals surface area contributed by atoms with E-state index in [1.807, 2.05) is 0 Å². The smallest absolute Gasteiger partial charge is 0.230 e. The number of hydrogen-bond donors (Lipinski definition) is 3. The zero-order valence-corrected chi connectivity index (χ0v) is 36.5. The van der Waals surface area contributed by atoms with Crippen LogP contribution in [0, 0.1) is 0 Å². The third-order valence-corrected chi connectivity index (χ3v) is 13.8. The second-order valence-corrected chi connectivity index (χ2v) is 20.0. The minimum atomic E-state index is -0.109. The van der Waals surface area contributed by atoms with Crippen molar-refractivity contribution in [1.82, 2.24) is 30.5 Å². The van der Waals surface area contributed by atoms with E-state index in [0.717, 1.165) is 49.9 Å². The van der Waals surface area contributed by atoms with Gasteiger partial charge in [0.25, 0.3) is 0 Å². The first-order chi connectivity index (χ1) is 24.4. The van der Waals surface area contributed by atoms with E-state index >= 15 is 0 Å². The molecule has 1 saturated carbocycles. The second-order valence-electron chi connectivity index (χ2n) is 20.0. The predicted molar refractivity (Wildman–Crippen MR) is 224 cm³/mol. The van der Waals surface area contributed by atoms with Crippen LogP contribution in [0.1, 0.15) is 205 Å². The number of nitrogens with zero attached hydrogens (tertiary/aromatic N) is 5. The van der Waals surface area contributed by atoms with Crippen LogP contribution in [0.15, 0.2) is 0 Å². The lowest BCUT2D eigenvalue weighted by Gasteiger charge is -2.55. The highest BCUT2D eigenvalue weighted by molar-refractivity contribution is 5.40. The Hall–Kier alpha value is -1.51.